The van der Waals surface area contributed by atoms with Crippen LogP contribution in [0.15, 0.2) is 42.5 Å². The Morgan fingerprint density at radius 3 is 2.38 bits per heavy atom. The molecule has 136 valence electrons. The molecule has 0 aliphatic rings. The van der Waals surface area contributed by atoms with Crippen LogP contribution in [0.4, 0.5) is 11.4 Å². The van der Waals surface area contributed by atoms with Crippen molar-refractivity contribution in [3.8, 4) is 6.07 Å². The van der Waals surface area contributed by atoms with Gasteiger partial charge in [-0.25, -0.2) is 8.42 Å². The molecule has 0 atom stereocenters. The smallest absolute Gasteiger partial charge is 0.232 e. The van der Waals surface area contributed by atoms with Gasteiger partial charge in [0.15, 0.2) is 0 Å². The van der Waals surface area contributed by atoms with Crippen LogP contribution in [0.2, 0.25) is 0 Å². The Morgan fingerprint density at radius 1 is 1.15 bits per heavy atom. The average molecular weight is 371 g/mol. The molecule has 0 aromatic heterocycles. The van der Waals surface area contributed by atoms with Gasteiger partial charge in [0.2, 0.25) is 15.9 Å². The van der Waals surface area contributed by atoms with E-state index in [1.807, 2.05) is 38.1 Å². The summed E-state index contributed by atoms with van der Waals surface area (Å²) in [4.78, 5) is 12.2. The number of carbonyl (C=O) groups is 1. The normalized spacial score (nSPS) is 10.8. The summed E-state index contributed by atoms with van der Waals surface area (Å²) in [6, 6.07) is 14.0. The number of hydrogen-bond donors (Lipinski definition) is 1. The number of nitrogens with one attached hydrogen (secondary N) is 1. The minimum atomic E-state index is -3.58. The zero-order valence-corrected chi connectivity index (χ0v) is 15.8. The third kappa shape index (κ3) is 5.33. The number of anilines is 2. The van der Waals surface area contributed by atoms with Gasteiger partial charge in [-0.3, -0.25) is 9.10 Å². The highest BCUT2D eigenvalue weighted by atomic mass is 32.2. The number of nitriles is 1. The van der Waals surface area contributed by atoms with Gasteiger partial charge in [-0.05, 0) is 55.3 Å². The summed E-state index contributed by atoms with van der Waals surface area (Å²) in [5.74, 6) is -0.278. The second-order valence-corrected chi connectivity index (χ2v) is 8.08. The first kappa shape index (κ1) is 19.5. The molecule has 0 aliphatic carbocycles. The van der Waals surface area contributed by atoms with E-state index in [9.17, 15) is 13.2 Å². The first-order chi connectivity index (χ1) is 12.2. The van der Waals surface area contributed by atoms with Crippen molar-refractivity contribution in [2.75, 3.05) is 22.4 Å². The summed E-state index contributed by atoms with van der Waals surface area (Å²) in [5.41, 5.74) is 3.48. The molecule has 0 saturated carbocycles. The Bertz CT molecular complexity index is 942. The Labute approximate surface area is 154 Å². The van der Waals surface area contributed by atoms with E-state index >= 15 is 0 Å². The summed E-state index contributed by atoms with van der Waals surface area (Å²) in [7, 11) is -3.58. The van der Waals surface area contributed by atoms with Crippen LogP contribution >= 0.6 is 0 Å². The Morgan fingerprint density at radius 2 is 1.81 bits per heavy atom. The predicted molar refractivity (Wildman–Crippen MR) is 103 cm³/mol. The van der Waals surface area contributed by atoms with Crippen LogP contribution in [-0.2, 0) is 14.8 Å². The molecule has 6 nitrogen and oxygen atoms in total. The highest BCUT2D eigenvalue weighted by Gasteiger charge is 2.19. The minimum Gasteiger partial charge on any atom is -0.326 e. The molecule has 0 radical (unpaired) electrons. The fraction of sp³-hybridized carbons (Fsp3) is 0.263. The third-order valence-corrected chi connectivity index (χ3v) is 4.91. The molecule has 0 bridgehead atoms. The van der Waals surface area contributed by atoms with Crippen molar-refractivity contribution in [1.82, 2.24) is 0 Å². The average Bonchev–Trinajstić information content (AvgIpc) is 2.53. The number of rotatable bonds is 6. The standard InChI is InChI=1S/C19H21N3O3S/c1-14-9-15(2)11-17(10-14)21-19(23)7-8-22(26(3,24)25)18-6-4-5-16(12-18)13-20/h4-6,9-12H,7-8H2,1-3H3,(H,21,23). The van der Waals surface area contributed by atoms with Crippen molar-refractivity contribution in [3.05, 3.63) is 59.2 Å². The molecule has 0 unspecified atom stereocenters. The second kappa shape index (κ2) is 8.02. The highest BCUT2D eigenvalue weighted by Crippen LogP contribution is 2.20. The van der Waals surface area contributed by atoms with Gasteiger partial charge in [0.1, 0.15) is 0 Å². The summed E-state index contributed by atoms with van der Waals surface area (Å²) >= 11 is 0. The van der Waals surface area contributed by atoms with E-state index in [2.05, 4.69) is 5.32 Å². The molecule has 7 heteroatoms. The number of sulfonamides is 1. The molecule has 0 heterocycles. The van der Waals surface area contributed by atoms with Crippen molar-refractivity contribution in [2.45, 2.75) is 20.3 Å². The molecular weight excluding hydrogens is 350 g/mol. The monoisotopic (exact) mass is 371 g/mol. The maximum atomic E-state index is 12.2. The van der Waals surface area contributed by atoms with Crippen LogP contribution in [0.3, 0.4) is 0 Å². The lowest BCUT2D eigenvalue weighted by Crippen LogP contribution is -2.33. The number of carbonyl (C=O) groups excluding carboxylic acids is 1. The molecular formula is C19H21N3O3S. The molecule has 2 aromatic rings. The summed E-state index contributed by atoms with van der Waals surface area (Å²) in [6.45, 7) is 3.87. The fourth-order valence-corrected chi connectivity index (χ4v) is 3.61. The van der Waals surface area contributed by atoms with Crippen LogP contribution in [0.1, 0.15) is 23.1 Å². The van der Waals surface area contributed by atoms with E-state index in [1.54, 1.807) is 18.2 Å². The lowest BCUT2D eigenvalue weighted by molar-refractivity contribution is -0.116. The summed E-state index contributed by atoms with van der Waals surface area (Å²) in [6.07, 6.45) is 1.07. The van der Waals surface area contributed by atoms with E-state index < -0.39 is 10.0 Å². The van der Waals surface area contributed by atoms with Gasteiger partial charge in [-0.2, -0.15) is 5.26 Å². The maximum Gasteiger partial charge on any atom is 0.232 e. The SMILES string of the molecule is Cc1cc(C)cc(NC(=O)CCN(c2cccc(C#N)c2)S(C)(=O)=O)c1. The number of nitrogens with zero attached hydrogens (tertiary/aromatic N) is 2. The molecule has 0 spiro atoms. The van der Waals surface area contributed by atoms with Crippen LogP contribution in [-0.4, -0.2) is 27.1 Å². The predicted octanol–water partition coefficient (Wildman–Crippen LogP) is 2.97. The first-order valence-electron chi connectivity index (χ1n) is 8.05. The van der Waals surface area contributed by atoms with Crippen molar-refractivity contribution in [1.29, 1.82) is 5.26 Å². The maximum absolute atomic E-state index is 12.2. The summed E-state index contributed by atoms with van der Waals surface area (Å²) in [5, 5.41) is 11.8. The van der Waals surface area contributed by atoms with Crippen molar-refractivity contribution >= 4 is 27.3 Å². The molecule has 0 aliphatic heterocycles. The van der Waals surface area contributed by atoms with Crippen molar-refractivity contribution in [2.24, 2.45) is 0 Å². The molecule has 2 rings (SSSR count). The number of amides is 1. The molecule has 2 aromatic carbocycles. The molecule has 26 heavy (non-hydrogen) atoms. The third-order valence-electron chi connectivity index (χ3n) is 3.71. The summed E-state index contributed by atoms with van der Waals surface area (Å²) < 4.78 is 25.3. The van der Waals surface area contributed by atoms with Crippen LogP contribution < -0.4 is 9.62 Å². The first-order valence-corrected chi connectivity index (χ1v) is 9.90. The Kier molecular flexibility index (Phi) is 6.01. The van der Waals surface area contributed by atoms with Crippen molar-refractivity contribution < 1.29 is 13.2 Å². The largest absolute Gasteiger partial charge is 0.326 e. The lowest BCUT2D eigenvalue weighted by atomic mass is 10.1. The van der Waals surface area contributed by atoms with Gasteiger partial charge in [0.05, 0.1) is 23.6 Å². The zero-order valence-electron chi connectivity index (χ0n) is 15.0. The highest BCUT2D eigenvalue weighted by molar-refractivity contribution is 7.92. The Hall–Kier alpha value is -2.85. The number of benzene rings is 2. The second-order valence-electron chi connectivity index (χ2n) is 6.17. The fourth-order valence-electron chi connectivity index (χ4n) is 2.69. The molecule has 1 N–H and O–H groups in total. The van der Waals surface area contributed by atoms with Gasteiger partial charge in [0, 0.05) is 18.7 Å². The zero-order chi connectivity index (χ0) is 19.3. The van der Waals surface area contributed by atoms with Crippen molar-refractivity contribution in [3.63, 3.8) is 0 Å². The van der Waals surface area contributed by atoms with Crippen LogP contribution in [0.25, 0.3) is 0 Å². The molecule has 0 saturated heterocycles. The van der Waals surface area contributed by atoms with E-state index in [4.69, 9.17) is 5.26 Å². The van der Waals surface area contributed by atoms with Gasteiger partial charge in [0.25, 0.3) is 0 Å². The molecule has 1 amide bonds. The van der Waals surface area contributed by atoms with Gasteiger partial charge >= 0.3 is 0 Å². The van der Waals surface area contributed by atoms with Gasteiger partial charge < -0.3 is 5.32 Å². The lowest BCUT2D eigenvalue weighted by Gasteiger charge is -2.22. The van der Waals surface area contributed by atoms with E-state index in [0.717, 1.165) is 21.7 Å². The quantitative estimate of drug-likeness (QED) is 0.845. The molecule has 0 fully saturated rings. The van der Waals surface area contributed by atoms with Gasteiger partial charge in [-0.1, -0.05) is 12.1 Å². The van der Waals surface area contributed by atoms with Crippen LogP contribution in [0, 0.1) is 25.2 Å². The van der Waals surface area contributed by atoms with E-state index in [0.29, 0.717) is 16.9 Å². The van der Waals surface area contributed by atoms with Gasteiger partial charge in [-0.15, -0.1) is 0 Å². The van der Waals surface area contributed by atoms with Crippen LogP contribution in [0.5, 0.6) is 0 Å². The van der Waals surface area contributed by atoms with E-state index in [-0.39, 0.29) is 18.9 Å². The number of hydrogen-bond acceptors (Lipinski definition) is 4. The Balaban J connectivity index is 2.12. The topological polar surface area (TPSA) is 90.3 Å². The number of aryl methyl sites for hydroxylation is 2. The minimum absolute atomic E-state index is 0.00313. The van der Waals surface area contributed by atoms with E-state index in [1.165, 1.54) is 6.07 Å².